The zero-order valence-electron chi connectivity index (χ0n) is 12.8. The van der Waals surface area contributed by atoms with E-state index in [2.05, 4.69) is 35.5 Å². The van der Waals surface area contributed by atoms with Crippen molar-refractivity contribution in [2.45, 2.75) is 24.3 Å². The number of aryl methyl sites for hydroxylation is 1. The van der Waals surface area contributed by atoms with Crippen LogP contribution < -0.4 is 4.74 Å². The lowest BCUT2D eigenvalue weighted by Crippen LogP contribution is -1.94. The topological polar surface area (TPSA) is 37.9 Å². The Hall–Kier alpha value is -1.94. The lowest BCUT2D eigenvalue weighted by molar-refractivity contribution is 0.415. The standard InChI is InChI=1S/C18H18N2OS/c1-21-13-6-7-15-12(8-13)10-16(19-15)17-9-11-4-3-5-14(11)18(20-17)22-2/h6-10,19H,3-5H2,1-2H3. The van der Waals surface area contributed by atoms with Crippen LogP contribution in [0, 0.1) is 0 Å². The largest absolute Gasteiger partial charge is 0.497 e. The van der Waals surface area contributed by atoms with Crippen LogP contribution >= 0.6 is 11.8 Å². The molecule has 0 fully saturated rings. The lowest BCUT2D eigenvalue weighted by Gasteiger charge is -2.08. The number of hydrogen-bond acceptors (Lipinski definition) is 3. The third-order valence-electron chi connectivity index (χ3n) is 4.35. The Morgan fingerprint density at radius 1 is 1.18 bits per heavy atom. The summed E-state index contributed by atoms with van der Waals surface area (Å²) in [6.45, 7) is 0. The summed E-state index contributed by atoms with van der Waals surface area (Å²) in [6, 6.07) is 10.5. The Bertz CT molecular complexity index is 854. The monoisotopic (exact) mass is 310 g/mol. The van der Waals surface area contributed by atoms with E-state index in [1.165, 1.54) is 35.4 Å². The molecule has 0 atom stereocenters. The highest BCUT2D eigenvalue weighted by Gasteiger charge is 2.18. The van der Waals surface area contributed by atoms with Crippen LogP contribution in [0.4, 0.5) is 0 Å². The Morgan fingerprint density at radius 2 is 2.09 bits per heavy atom. The van der Waals surface area contributed by atoms with E-state index >= 15 is 0 Å². The van der Waals surface area contributed by atoms with E-state index in [0.29, 0.717) is 0 Å². The maximum Gasteiger partial charge on any atom is 0.119 e. The number of aromatic nitrogens is 2. The number of benzene rings is 1. The molecule has 22 heavy (non-hydrogen) atoms. The van der Waals surface area contributed by atoms with Crippen LogP contribution in [0.1, 0.15) is 17.5 Å². The van der Waals surface area contributed by atoms with Gasteiger partial charge < -0.3 is 9.72 Å². The number of pyridine rings is 1. The van der Waals surface area contributed by atoms with Crippen molar-refractivity contribution in [3.63, 3.8) is 0 Å². The molecule has 2 heterocycles. The van der Waals surface area contributed by atoms with Gasteiger partial charge in [0.1, 0.15) is 5.75 Å². The van der Waals surface area contributed by atoms with E-state index < -0.39 is 0 Å². The third kappa shape index (κ3) is 2.18. The Balaban J connectivity index is 1.84. The smallest absolute Gasteiger partial charge is 0.119 e. The normalized spacial score (nSPS) is 13.5. The number of thioether (sulfide) groups is 1. The van der Waals surface area contributed by atoms with Gasteiger partial charge in [0.25, 0.3) is 0 Å². The molecular weight excluding hydrogens is 292 g/mol. The highest BCUT2D eigenvalue weighted by molar-refractivity contribution is 7.98. The number of nitrogens with zero attached hydrogens (tertiary/aromatic N) is 1. The minimum Gasteiger partial charge on any atom is -0.497 e. The molecule has 1 aliphatic rings. The molecular formula is C18H18N2OS. The molecule has 0 bridgehead atoms. The molecule has 0 spiro atoms. The van der Waals surface area contributed by atoms with E-state index in [-0.39, 0.29) is 0 Å². The lowest BCUT2D eigenvalue weighted by atomic mass is 10.1. The Kier molecular flexibility index (Phi) is 3.34. The zero-order valence-corrected chi connectivity index (χ0v) is 13.6. The highest BCUT2D eigenvalue weighted by Crippen LogP contribution is 2.34. The van der Waals surface area contributed by atoms with Crippen molar-refractivity contribution >= 4 is 22.7 Å². The summed E-state index contributed by atoms with van der Waals surface area (Å²) in [5, 5.41) is 2.34. The first-order chi connectivity index (χ1) is 10.8. The predicted molar refractivity (Wildman–Crippen MR) is 91.9 cm³/mol. The van der Waals surface area contributed by atoms with E-state index in [1.807, 2.05) is 6.07 Å². The van der Waals surface area contributed by atoms with Crippen molar-refractivity contribution in [3.05, 3.63) is 41.5 Å². The zero-order chi connectivity index (χ0) is 15.1. The van der Waals surface area contributed by atoms with Crippen molar-refractivity contribution in [1.82, 2.24) is 9.97 Å². The minimum atomic E-state index is 0.879. The fourth-order valence-corrected chi connectivity index (χ4v) is 3.90. The van der Waals surface area contributed by atoms with E-state index in [0.717, 1.165) is 28.0 Å². The van der Waals surface area contributed by atoms with Crippen LogP contribution in [0.25, 0.3) is 22.3 Å². The summed E-state index contributed by atoms with van der Waals surface area (Å²) >= 11 is 1.75. The fraction of sp³-hybridized carbons (Fsp3) is 0.278. The quantitative estimate of drug-likeness (QED) is 0.726. The van der Waals surface area contributed by atoms with E-state index in [4.69, 9.17) is 9.72 Å². The van der Waals surface area contributed by atoms with Gasteiger partial charge in [-0.3, -0.25) is 0 Å². The van der Waals surface area contributed by atoms with Gasteiger partial charge in [0, 0.05) is 10.9 Å². The Morgan fingerprint density at radius 3 is 2.91 bits per heavy atom. The van der Waals surface area contributed by atoms with Gasteiger partial charge in [-0.15, -0.1) is 11.8 Å². The molecule has 0 saturated heterocycles. The number of fused-ring (bicyclic) bond motifs is 2. The molecule has 0 aliphatic heterocycles. The van der Waals surface area contributed by atoms with Gasteiger partial charge in [-0.05, 0) is 67.0 Å². The van der Waals surface area contributed by atoms with Gasteiger partial charge in [0.2, 0.25) is 0 Å². The fourth-order valence-electron chi connectivity index (χ4n) is 3.23. The summed E-state index contributed by atoms with van der Waals surface area (Å²) in [7, 11) is 1.70. The maximum absolute atomic E-state index is 5.30. The number of hydrogen-bond donors (Lipinski definition) is 1. The first-order valence-corrected chi connectivity index (χ1v) is 8.75. The predicted octanol–water partition coefficient (Wildman–Crippen LogP) is 4.45. The molecule has 1 aromatic carbocycles. The first kappa shape index (κ1) is 13.7. The van der Waals surface area contributed by atoms with Gasteiger partial charge in [-0.1, -0.05) is 0 Å². The Labute approximate surface area is 134 Å². The second-order valence-electron chi connectivity index (χ2n) is 5.64. The molecule has 2 aromatic heterocycles. The van der Waals surface area contributed by atoms with E-state index in [1.54, 1.807) is 18.9 Å². The number of methoxy groups -OCH3 is 1. The first-order valence-electron chi connectivity index (χ1n) is 7.52. The highest BCUT2D eigenvalue weighted by atomic mass is 32.2. The molecule has 1 N–H and O–H groups in total. The molecule has 4 rings (SSSR count). The maximum atomic E-state index is 5.30. The van der Waals surface area contributed by atoms with Crippen LogP contribution in [0.2, 0.25) is 0 Å². The van der Waals surface area contributed by atoms with Crippen LogP contribution in [0.3, 0.4) is 0 Å². The van der Waals surface area contributed by atoms with Crippen molar-refractivity contribution in [2.75, 3.05) is 13.4 Å². The molecule has 112 valence electrons. The van der Waals surface area contributed by atoms with Gasteiger partial charge in [-0.2, -0.15) is 0 Å². The number of H-pyrrole nitrogens is 1. The van der Waals surface area contributed by atoms with Gasteiger partial charge >= 0.3 is 0 Å². The number of rotatable bonds is 3. The third-order valence-corrected chi connectivity index (χ3v) is 5.07. The molecule has 3 aromatic rings. The molecule has 0 radical (unpaired) electrons. The second-order valence-corrected chi connectivity index (χ2v) is 6.44. The van der Waals surface area contributed by atoms with Crippen molar-refractivity contribution in [2.24, 2.45) is 0 Å². The van der Waals surface area contributed by atoms with Crippen LogP contribution in [-0.2, 0) is 12.8 Å². The summed E-state index contributed by atoms with van der Waals surface area (Å²) in [4.78, 5) is 8.35. The van der Waals surface area contributed by atoms with Crippen LogP contribution in [0.5, 0.6) is 5.75 Å². The van der Waals surface area contributed by atoms with Gasteiger partial charge in [0.15, 0.2) is 0 Å². The molecule has 3 nitrogen and oxygen atoms in total. The number of aromatic amines is 1. The van der Waals surface area contributed by atoms with Crippen molar-refractivity contribution in [1.29, 1.82) is 0 Å². The summed E-state index contributed by atoms with van der Waals surface area (Å²) in [5.74, 6) is 0.879. The summed E-state index contributed by atoms with van der Waals surface area (Å²) in [5.41, 5.74) is 6.15. The van der Waals surface area contributed by atoms with Gasteiger partial charge in [-0.25, -0.2) is 4.98 Å². The van der Waals surface area contributed by atoms with E-state index in [9.17, 15) is 0 Å². The van der Waals surface area contributed by atoms with Crippen LogP contribution in [0.15, 0.2) is 35.4 Å². The van der Waals surface area contributed by atoms with Crippen molar-refractivity contribution < 1.29 is 4.74 Å². The molecule has 1 aliphatic carbocycles. The molecule has 0 amide bonds. The summed E-state index contributed by atoms with van der Waals surface area (Å²) in [6.07, 6.45) is 5.70. The average Bonchev–Trinajstić information content (AvgIpc) is 3.19. The summed E-state index contributed by atoms with van der Waals surface area (Å²) < 4.78 is 5.30. The molecule has 0 saturated carbocycles. The SMILES string of the molecule is COc1ccc2[nH]c(-c3cc4c(c(SC)n3)CCC4)cc2c1. The van der Waals surface area contributed by atoms with Crippen LogP contribution in [-0.4, -0.2) is 23.3 Å². The minimum absolute atomic E-state index is 0.879. The second kappa shape index (κ2) is 5.36. The molecule has 4 heteroatoms. The average molecular weight is 310 g/mol. The number of ether oxygens (including phenoxy) is 1. The molecule has 0 unspecified atom stereocenters. The van der Waals surface area contributed by atoms with Crippen molar-refractivity contribution in [3.8, 4) is 17.1 Å². The van der Waals surface area contributed by atoms with Gasteiger partial charge in [0.05, 0.1) is 23.5 Å². The number of nitrogens with one attached hydrogen (secondary N) is 1.